The van der Waals surface area contributed by atoms with Crippen LogP contribution in [-0.4, -0.2) is 52.8 Å². The number of carbonyl (C=O) groups is 1. The lowest BCUT2D eigenvalue weighted by atomic mass is 10.1. The maximum atomic E-state index is 13.1. The normalized spacial score (nSPS) is 11.5. The number of aryl methyl sites for hydroxylation is 3. The van der Waals surface area contributed by atoms with E-state index >= 15 is 0 Å². The molecule has 2 heterocycles. The first-order chi connectivity index (χ1) is 12.4. The van der Waals surface area contributed by atoms with Crippen LogP contribution in [0.5, 0.6) is 0 Å². The minimum atomic E-state index is -0.0993. The highest BCUT2D eigenvalue weighted by molar-refractivity contribution is 7.22. The molecule has 0 bridgehead atoms. The van der Waals surface area contributed by atoms with Gasteiger partial charge in [-0.3, -0.25) is 14.4 Å². The van der Waals surface area contributed by atoms with E-state index in [1.54, 1.807) is 33.2 Å². The highest BCUT2D eigenvalue weighted by atomic mass is 32.1. The van der Waals surface area contributed by atoms with Gasteiger partial charge in [0, 0.05) is 19.8 Å². The summed E-state index contributed by atoms with van der Waals surface area (Å²) < 4.78 is 2.76. The Morgan fingerprint density at radius 1 is 1.19 bits per heavy atom. The Bertz CT molecular complexity index is 927. The lowest BCUT2D eigenvalue weighted by Gasteiger charge is -2.20. The second kappa shape index (κ2) is 7.55. The Labute approximate surface area is 158 Å². The van der Waals surface area contributed by atoms with Crippen molar-refractivity contribution < 1.29 is 4.79 Å². The molecule has 0 N–H and O–H groups in total. The molecule has 7 heteroatoms. The number of carbonyl (C=O) groups excluding carboxylic acids is 1. The fourth-order valence-electron chi connectivity index (χ4n) is 2.83. The molecule has 0 spiro atoms. The van der Waals surface area contributed by atoms with Crippen molar-refractivity contribution in [2.45, 2.75) is 20.3 Å². The third-order valence-electron chi connectivity index (χ3n) is 4.47. The van der Waals surface area contributed by atoms with Crippen molar-refractivity contribution in [3.63, 3.8) is 0 Å². The van der Waals surface area contributed by atoms with Gasteiger partial charge in [0.2, 0.25) is 0 Å². The predicted octanol–water partition coefficient (Wildman–Crippen LogP) is 3.25. The van der Waals surface area contributed by atoms with Crippen molar-refractivity contribution in [2.75, 3.05) is 32.1 Å². The number of thiazole rings is 1. The van der Waals surface area contributed by atoms with E-state index in [9.17, 15) is 4.79 Å². The van der Waals surface area contributed by atoms with Crippen molar-refractivity contribution in [2.24, 2.45) is 7.05 Å². The topological polar surface area (TPSA) is 54.3 Å². The number of fused-ring (bicyclic) bond motifs is 1. The molecule has 3 aromatic rings. The van der Waals surface area contributed by atoms with Gasteiger partial charge in [-0.1, -0.05) is 17.4 Å². The van der Waals surface area contributed by atoms with Crippen molar-refractivity contribution in [1.29, 1.82) is 0 Å². The minimum Gasteiger partial charge on any atom is -0.309 e. The lowest BCUT2D eigenvalue weighted by Crippen LogP contribution is -2.33. The summed E-state index contributed by atoms with van der Waals surface area (Å²) in [4.78, 5) is 21.8. The summed E-state index contributed by atoms with van der Waals surface area (Å²) in [6, 6.07) is 5.95. The Morgan fingerprint density at radius 3 is 2.62 bits per heavy atom. The smallest absolute Gasteiger partial charge is 0.280 e. The van der Waals surface area contributed by atoms with Crippen molar-refractivity contribution in [3.05, 3.63) is 41.2 Å². The van der Waals surface area contributed by atoms with E-state index in [1.807, 2.05) is 21.1 Å². The van der Waals surface area contributed by atoms with Crippen LogP contribution in [-0.2, 0) is 7.05 Å². The van der Waals surface area contributed by atoms with E-state index in [0.717, 1.165) is 28.3 Å². The second-order valence-corrected chi connectivity index (χ2v) is 7.85. The number of hydrogen-bond acceptors (Lipinski definition) is 5. The van der Waals surface area contributed by atoms with Crippen LogP contribution in [0, 0.1) is 13.8 Å². The molecule has 0 atom stereocenters. The van der Waals surface area contributed by atoms with Crippen LogP contribution >= 0.6 is 11.3 Å². The molecule has 6 nitrogen and oxygen atoms in total. The number of anilines is 1. The SMILES string of the molecule is Cc1ccc2sc(N(CCCN(C)C)C(=O)c3ccn(C)n3)nc2c1C. The molecule has 0 aliphatic heterocycles. The van der Waals surface area contributed by atoms with E-state index in [0.29, 0.717) is 12.2 Å². The molecular formula is C19H25N5OS. The molecule has 0 saturated heterocycles. The summed E-state index contributed by atoms with van der Waals surface area (Å²) in [5.41, 5.74) is 3.81. The maximum absolute atomic E-state index is 13.1. The number of amides is 1. The van der Waals surface area contributed by atoms with Crippen LogP contribution in [0.3, 0.4) is 0 Å². The van der Waals surface area contributed by atoms with Gasteiger partial charge in [-0.2, -0.15) is 5.10 Å². The molecule has 0 radical (unpaired) electrons. The zero-order chi connectivity index (χ0) is 18.8. The Balaban J connectivity index is 1.96. The highest BCUT2D eigenvalue weighted by Gasteiger charge is 2.23. The van der Waals surface area contributed by atoms with E-state index in [-0.39, 0.29) is 5.91 Å². The molecule has 0 unspecified atom stereocenters. The summed E-state index contributed by atoms with van der Waals surface area (Å²) in [6.07, 6.45) is 2.66. The summed E-state index contributed by atoms with van der Waals surface area (Å²) >= 11 is 1.56. The number of nitrogens with zero attached hydrogens (tertiary/aromatic N) is 5. The Hall–Kier alpha value is -2.25. The zero-order valence-electron chi connectivity index (χ0n) is 16.0. The fraction of sp³-hybridized carbons (Fsp3) is 0.421. The maximum Gasteiger partial charge on any atom is 0.280 e. The largest absolute Gasteiger partial charge is 0.309 e. The summed E-state index contributed by atoms with van der Waals surface area (Å²) in [6.45, 7) is 5.69. The molecular weight excluding hydrogens is 346 g/mol. The van der Waals surface area contributed by atoms with Gasteiger partial charge in [0.25, 0.3) is 5.91 Å². The van der Waals surface area contributed by atoms with Gasteiger partial charge in [0.05, 0.1) is 10.2 Å². The lowest BCUT2D eigenvalue weighted by molar-refractivity contribution is 0.0980. The second-order valence-electron chi connectivity index (χ2n) is 6.84. The molecule has 26 heavy (non-hydrogen) atoms. The first-order valence-corrected chi connectivity index (χ1v) is 9.51. The third-order valence-corrected chi connectivity index (χ3v) is 5.51. The van der Waals surface area contributed by atoms with Gasteiger partial charge in [-0.15, -0.1) is 0 Å². The van der Waals surface area contributed by atoms with Crippen molar-refractivity contribution >= 4 is 32.6 Å². The van der Waals surface area contributed by atoms with Crippen LogP contribution in [0.4, 0.5) is 5.13 Å². The molecule has 3 rings (SSSR count). The summed E-state index contributed by atoms with van der Waals surface area (Å²) in [5.74, 6) is -0.0993. The molecule has 1 aromatic carbocycles. The van der Waals surface area contributed by atoms with Crippen LogP contribution in [0.1, 0.15) is 28.0 Å². The fourth-order valence-corrected chi connectivity index (χ4v) is 3.88. The average Bonchev–Trinajstić information content (AvgIpc) is 3.21. The number of aromatic nitrogens is 3. The average molecular weight is 372 g/mol. The quantitative estimate of drug-likeness (QED) is 0.667. The van der Waals surface area contributed by atoms with Gasteiger partial charge in [-0.05, 0) is 64.2 Å². The van der Waals surface area contributed by atoms with E-state index < -0.39 is 0 Å². The molecule has 2 aromatic heterocycles. The number of rotatable bonds is 6. The highest BCUT2D eigenvalue weighted by Crippen LogP contribution is 2.32. The molecule has 0 fully saturated rings. The first-order valence-electron chi connectivity index (χ1n) is 8.70. The van der Waals surface area contributed by atoms with Crippen LogP contribution < -0.4 is 4.90 Å². The van der Waals surface area contributed by atoms with Crippen molar-refractivity contribution in [3.8, 4) is 0 Å². The number of benzene rings is 1. The van der Waals surface area contributed by atoms with Gasteiger partial charge in [0.15, 0.2) is 10.8 Å². The van der Waals surface area contributed by atoms with E-state index in [2.05, 4.69) is 36.0 Å². The molecule has 1 amide bonds. The summed E-state index contributed by atoms with van der Waals surface area (Å²) in [7, 11) is 5.89. The zero-order valence-corrected chi connectivity index (χ0v) is 16.8. The third kappa shape index (κ3) is 3.78. The van der Waals surface area contributed by atoms with Gasteiger partial charge < -0.3 is 4.90 Å². The summed E-state index contributed by atoms with van der Waals surface area (Å²) in [5, 5.41) is 5.02. The molecule has 138 valence electrons. The Morgan fingerprint density at radius 2 is 1.96 bits per heavy atom. The standard InChI is InChI=1S/C19H25N5OS/c1-13-7-8-16-17(14(13)2)20-19(26-16)24(11-6-10-22(3)4)18(25)15-9-12-23(5)21-15/h7-9,12H,6,10-11H2,1-5H3. The predicted molar refractivity (Wildman–Crippen MR) is 107 cm³/mol. The van der Waals surface area contributed by atoms with Crippen molar-refractivity contribution in [1.82, 2.24) is 19.7 Å². The van der Waals surface area contributed by atoms with Gasteiger partial charge >= 0.3 is 0 Å². The monoisotopic (exact) mass is 371 g/mol. The van der Waals surface area contributed by atoms with E-state index in [4.69, 9.17) is 4.98 Å². The number of hydrogen-bond donors (Lipinski definition) is 0. The van der Waals surface area contributed by atoms with Gasteiger partial charge in [0.1, 0.15) is 0 Å². The van der Waals surface area contributed by atoms with Crippen LogP contribution in [0.15, 0.2) is 24.4 Å². The minimum absolute atomic E-state index is 0.0993. The van der Waals surface area contributed by atoms with Crippen LogP contribution in [0.25, 0.3) is 10.2 Å². The molecule has 0 aliphatic rings. The van der Waals surface area contributed by atoms with E-state index in [1.165, 1.54) is 11.1 Å². The molecule has 0 saturated carbocycles. The Kier molecular flexibility index (Phi) is 5.38. The molecule has 0 aliphatic carbocycles. The van der Waals surface area contributed by atoms with Gasteiger partial charge in [-0.25, -0.2) is 4.98 Å². The van der Waals surface area contributed by atoms with Crippen LogP contribution in [0.2, 0.25) is 0 Å². The first kappa shape index (κ1) is 18.5.